The lowest BCUT2D eigenvalue weighted by atomic mass is 10.2. The Bertz CT molecular complexity index is 498. The topological polar surface area (TPSA) is 34.2 Å². The summed E-state index contributed by atoms with van der Waals surface area (Å²) in [5.74, 6) is 0.675. The van der Waals surface area contributed by atoms with Crippen LogP contribution in [0.4, 0.5) is 5.13 Å². The lowest BCUT2D eigenvalue weighted by Gasteiger charge is -2.03. The number of nitrogens with one attached hydrogen (secondary N) is 1. The van der Waals surface area contributed by atoms with Crippen LogP contribution in [0.5, 0.6) is 5.75 Å². The summed E-state index contributed by atoms with van der Waals surface area (Å²) < 4.78 is 5.10. The highest BCUT2D eigenvalue weighted by atomic mass is 35.5. The van der Waals surface area contributed by atoms with Crippen molar-refractivity contribution in [2.45, 2.75) is 0 Å². The van der Waals surface area contributed by atoms with Gasteiger partial charge in [-0.15, -0.1) is 11.3 Å². The molecule has 0 radical (unpaired) electrons. The number of rotatable bonds is 3. The smallest absolute Gasteiger partial charge is 0.182 e. The average molecular weight is 255 g/mol. The SMILES string of the molecule is CNc1nc(-c2ccc(OC)c(Cl)c2)cs1. The van der Waals surface area contributed by atoms with Gasteiger partial charge in [-0.2, -0.15) is 0 Å². The van der Waals surface area contributed by atoms with Crippen LogP contribution in [0.1, 0.15) is 0 Å². The molecule has 16 heavy (non-hydrogen) atoms. The summed E-state index contributed by atoms with van der Waals surface area (Å²) in [7, 11) is 3.45. The molecule has 1 heterocycles. The second kappa shape index (κ2) is 4.72. The molecule has 2 aromatic rings. The number of halogens is 1. The summed E-state index contributed by atoms with van der Waals surface area (Å²) in [6.45, 7) is 0. The van der Waals surface area contributed by atoms with E-state index in [4.69, 9.17) is 16.3 Å². The summed E-state index contributed by atoms with van der Waals surface area (Å²) in [5, 5.41) is 6.48. The van der Waals surface area contributed by atoms with Crippen LogP contribution in [-0.4, -0.2) is 19.1 Å². The lowest BCUT2D eigenvalue weighted by Crippen LogP contribution is -1.87. The minimum atomic E-state index is 0.596. The fraction of sp³-hybridized carbons (Fsp3) is 0.182. The van der Waals surface area contributed by atoms with Gasteiger partial charge in [-0.25, -0.2) is 4.98 Å². The molecule has 0 aliphatic heterocycles. The molecule has 3 nitrogen and oxygen atoms in total. The second-order valence-electron chi connectivity index (χ2n) is 3.14. The molecule has 0 saturated carbocycles. The van der Waals surface area contributed by atoms with Crippen molar-refractivity contribution in [3.05, 3.63) is 28.6 Å². The fourth-order valence-electron chi connectivity index (χ4n) is 1.35. The van der Waals surface area contributed by atoms with Crippen LogP contribution in [0.15, 0.2) is 23.6 Å². The van der Waals surface area contributed by atoms with Crippen LogP contribution in [0.2, 0.25) is 5.02 Å². The lowest BCUT2D eigenvalue weighted by molar-refractivity contribution is 0.415. The Morgan fingerprint density at radius 2 is 2.25 bits per heavy atom. The molecule has 1 aromatic carbocycles. The zero-order chi connectivity index (χ0) is 11.5. The molecule has 0 bridgehead atoms. The Morgan fingerprint density at radius 3 is 2.81 bits per heavy atom. The molecule has 0 aliphatic carbocycles. The van der Waals surface area contributed by atoms with E-state index in [-0.39, 0.29) is 0 Å². The molecule has 0 aliphatic rings. The van der Waals surface area contributed by atoms with Gasteiger partial charge in [0.1, 0.15) is 5.75 Å². The number of hydrogen-bond donors (Lipinski definition) is 1. The first-order valence-electron chi connectivity index (χ1n) is 4.72. The first-order valence-corrected chi connectivity index (χ1v) is 5.97. The van der Waals surface area contributed by atoms with Gasteiger partial charge in [-0.05, 0) is 18.2 Å². The van der Waals surface area contributed by atoms with E-state index in [9.17, 15) is 0 Å². The third-order valence-electron chi connectivity index (χ3n) is 2.17. The third kappa shape index (κ3) is 2.13. The molecule has 84 valence electrons. The summed E-state index contributed by atoms with van der Waals surface area (Å²) in [4.78, 5) is 4.40. The van der Waals surface area contributed by atoms with Gasteiger partial charge in [0, 0.05) is 18.0 Å². The van der Waals surface area contributed by atoms with Crippen molar-refractivity contribution >= 4 is 28.1 Å². The molecular formula is C11H11ClN2OS. The predicted octanol–water partition coefficient (Wildman–Crippen LogP) is 3.51. The minimum absolute atomic E-state index is 0.596. The number of nitrogens with zero attached hydrogens (tertiary/aromatic N) is 1. The Balaban J connectivity index is 2.37. The average Bonchev–Trinajstić information content (AvgIpc) is 2.77. The molecule has 5 heteroatoms. The Hall–Kier alpha value is -1.26. The Kier molecular flexibility index (Phi) is 3.31. The zero-order valence-corrected chi connectivity index (χ0v) is 10.5. The van der Waals surface area contributed by atoms with E-state index in [0.717, 1.165) is 16.4 Å². The van der Waals surface area contributed by atoms with Gasteiger partial charge in [0.15, 0.2) is 5.13 Å². The maximum atomic E-state index is 6.06. The Morgan fingerprint density at radius 1 is 1.44 bits per heavy atom. The van der Waals surface area contributed by atoms with E-state index >= 15 is 0 Å². The number of ether oxygens (including phenoxy) is 1. The standard InChI is InChI=1S/C11H11ClN2OS/c1-13-11-14-9(6-16-11)7-3-4-10(15-2)8(12)5-7/h3-6H,1-2H3,(H,13,14). The van der Waals surface area contributed by atoms with E-state index in [1.807, 2.05) is 30.6 Å². The van der Waals surface area contributed by atoms with Crippen molar-refractivity contribution in [2.75, 3.05) is 19.5 Å². The molecule has 0 fully saturated rings. The number of aromatic nitrogens is 1. The molecule has 0 atom stereocenters. The largest absolute Gasteiger partial charge is 0.495 e. The monoisotopic (exact) mass is 254 g/mol. The van der Waals surface area contributed by atoms with Gasteiger partial charge < -0.3 is 10.1 Å². The van der Waals surface area contributed by atoms with Crippen LogP contribution in [-0.2, 0) is 0 Å². The highest BCUT2D eigenvalue weighted by Crippen LogP contribution is 2.31. The van der Waals surface area contributed by atoms with Crippen molar-refractivity contribution in [3.63, 3.8) is 0 Å². The van der Waals surface area contributed by atoms with Crippen LogP contribution in [0.3, 0.4) is 0 Å². The number of hydrogen-bond acceptors (Lipinski definition) is 4. The molecule has 0 spiro atoms. The van der Waals surface area contributed by atoms with E-state index < -0.39 is 0 Å². The molecule has 0 saturated heterocycles. The summed E-state index contributed by atoms with van der Waals surface area (Å²) in [5.41, 5.74) is 1.91. The van der Waals surface area contributed by atoms with E-state index in [0.29, 0.717) is 10.8 Å². The van der Waals surface area contributed by atoms with Gasteiger partial charge >= 0.3 is 0 Å². The number of anilines is 1. The van der Waals surface area contributed by atoms with Gasteiger partial charge in [0.2, 0.25) is 0 Å². The zero-order valence-electron chi connectivity index (χ0n) is 8.95. The van der Waals surface area contributed by atoms with Crippen LogP contribution >= 0.6 is 22.9 Å². The first kappa shape index (κ1) is 11.2. The summed E-state index contributed by atoms with van der Waals surface area (Å²) >= 11 is 7.62. The maximum Gasteiger partial charge on any atom is 0.182 e. The van der Waals surface area contributed by atoms with Crippen molar-refractivity contribution in [1.29, 1.82) is 0 Å². The quantitative estimate of drug-likeness (QED) is 0.910. The molecule has 2 rings (SSSR count). The number of thiazole rings is 1. The highest BCUT2D eigenvalue weighted by molar-refractivity contribution is 7.14. The Labute approximate surface area is 103 Å². The van der Waals surface area contributed by atoms with Crippen molar-refractivity contribution in [1.82, 2.24) is 4.98 Å². The molecular weight excluding hydrogens is 244 g/mol. The van der Waals surface area contributed by atoms with Gasteiger partial charge in [0.05, 0.1) is 17.8 Å². The molecule has 0 amide bonds. The van der Waals surface area contributed by atoms with Gasteiger partial charge in [-0.3, -0.25) is 0 Å². The van der Waals surface area contributed by atoms with Crippen LogP contribution in [0.25, 0.3) is 11.3 Å². The predicted molar refractivity (Wildman–Crippen MR) is 68.7 cm³/mol. The van der Waals surface area contributed by atoms with Crippen molar-refractivity contribution in [2.24, 2.45) is 0 Å². The second-order valence-corrected chi connectivity index (χ2v) is 4.40. The molecule has 1 aromatic heterocycles. The number of benzene rings is 1. The van der Waals surface area contributed by atoms with Gasteiger partial charge in [-0.1, -0.05) is 11.6 Å². The number of methoxy groups -OCH3 is 1. The summed E-state index contributed by atoms with van der Waals surface area (Å²) in [6, 6.07) is 5.64. The van der Waals surface area contributed by atoms with E-state index in [1.54, 1.807) is 18.4 Å². The summed E-state index contributed by atoms with van der Waals surface area (Å²) in [6.07, 6.45) is 0. The third-order valence-corrected chi connectivity index (χ3v) is 3.32. The fourth-order valence-corrected chi connectivity index (χ4v) is 2.29. The maximum absolute atomic E-state index is 6.06. The van der Waals surface area contributed by atoms with E-state index in [1.165, 1.54) is 0 Å². The molecule has 0 unspecified atom stereocenters. The van der Waals surface area contributed by atoms with E-state index in [2.05, 4.69) is 10.3 Å². The molecule has 1 N–H and O–H groups in total. The highest BCUT2D eigenvalue weighted by Gasteiger charge is 2.06. The van der Waals surface area contributed by atoms with Crippen LogP contribution in [0, 0.1) is 0 Å². The first-order chi connectivity index (χ1) is 7.74. The normalized spacial score (nSPS) is 10.2. The van der Waals surface area contributed by atoms with Crippen molar-refractivity contribution in [3.8, 4) is 17.0 Å². The minimum Gasteiger partial charge on any atom is -0.495 e. The van der Waals surface area contributed by atoms with Crippen molar-refractivity contribution < 1.29 is 4.74 Å². The van der Waals surface area contributed by atoms with Crippen LogP contribution < -0.4 is 10.1 Å². The van der Waals surface area contributed by atoms with Gasteiger partial charge in [0.25, 0.3) is 0 Å².